The molecule has 1 amide bonds. The number of pyridine rings is 1. The summed E-state index contributed by atoms with van der Waals surface area (Å²) >= 11 is 0. The minimum atomic E-state index is -0.0388. The molecule has 0 bridgehead atoms. The van der Waals surface area contributed by atoms with Gasteiger partial charge in [-0.2, -0.15) is 5.10 Å². The van der Waals surface area contributed by atoms with Gasteiger partial charge < -0.3 is 5.32 Å². The molecule has 0 saturated carbocycles. The van der Waals surface area contributed by atoms with E-state index in [9.17, 15) is 4.79 Å². The van der Waals surface area contributed by atoms with Gasteiger partial charge in [0.05, 0.1) is 11.2 Å². The first-order valence-electron chi connectivity index (χ1n) is 6.85. The number of nitrogens with one attached hydrogen (secondary N) is 1. The van der Waals surface area contributed by atoms with Gasteiger partial charge in [-0.15, -0.1) is 0 Å². The van der Waals surface area contributed by atoms with Gasteiger partial charge in [0.15, 0.2) is 0 Å². The van der Waals surface area contributed by atoms with Crippen molar-refractivity contribution in [3.05, 3.63) is 54.5 Å². The van der Waals surface area contributed by atoms with E-state index in [4.69, 9.17) is 0 Å². The lowest BCUT2D eigenvalue weighted by Gasteiger charge is -2.09. The third-order valence-electron chi connectivity index (χ3n) is 3.25. The molecule has 3 aromatic rings. The van der Waals surface area contributed by atoms with E-state index in [0.717, 1.165) is 22.2 Å². The summed E-state index contributed by atoms with van der Waals surface area (Å²) in [5, 5.41) is 8.06. The molecule has 1 N–H and O–H groups in total. The Labute approximate surface area is 122 Å². The second kappa shape index (κ2) is 5.75. The molecule has 3 rings (SSSR count). The number of carbonyl (C=O) groups is 1. The van der Waals surface area contributed by atoms with Crippen LogP contribution in [0.3, 0.4) is 0 Å². The number of hydrogen-bond donors (Lipinski definition) is 1. The molecule has 2 aromatic heterocycles. The molecular formula is C16H16N4O. The summed E-state index contributed by atoms with van der Waals surface area (Å²) in [6, 6.07) is 9.73. The van der Waals surface area contributed by atoms with Crippen molar-refractivity contribution in [1.29, 1.82) is 0 Å². The summed E-state index contributed by atoms with van der Waals surface area (Å²) in [6.07, 6.45) is 5.66. The van der Waals surface area contributed by atoms with E-state index >= 15 is 0 Å². The largest absolute Gasteiger partial charge is 0.324 e. The molecule has 0 spiro atoms. The minimum absolute atomic E-state index is 0.0388. The predicted molar refractivity (Wildman–Crippen MR) is 82.0 cm³/mol. The number of anilines is 1. The van der Waals surface area contributed by atoms with Crippen LogP contribution in [0.5, 0.6) is 0 Å². The Morgan fingerprint density at radius 3 is 3.00 bits per heavy atom. The topological polar surface area (TPSA) is 59.8 Å². The lowest BCUT2D eigenvalue weighted by Crippen LogP contribution is -2.15. The van der Waals surface area contributed by atoms with Gasteiger partial charge in [-0.1, -0.05) is 6.07 Å². The minimum Gasteiger partial charge on any atom is -0.324 e. The van der Waals surface area contributed by atoms with Crippen LogP contribution < -0.4 is 5.32 Å². The van der Waals surface area contributed by atoms with Gasteiger partial charge >= 0.3 is 0 Å². The average Bonchev–Trinajstić information content (AvgIpc) is 2.98. The van der Waals surface area contributed by atoms with Gasteiger partial charge in [0.1, 0.15) is 0 Å². The smallest absolute Gasteiger partial charge is 0.226 e. The van der Waals surface area contributed by atoms with E-state index < -0.39 is 0 Å². The van der Waals surface area contributed by atoms with E-state index in [1.807, 2.05) is 37.4 Å². The Balaban J connectivity index is 1.76. The quantitative estimate of drug-likeness (QED) is 0.799. The maximum atomic E-state index is 12.1. The summed E-state index contributed by atoms with van der Waals surface area (Å²) < 4.78 is 1.74. The van der Waals surface area contributed by atoms with Crippen LogP contribution in [-0.2, 0) is 11.3 Å². The van der Waals surface area contributed by atoms with Gasteiger partial charge in [-0.05, 0) is 36.8 Å². The van der Waals surface area contributed by atoms with Crippen LogP contribution in [0.1, 0.15) is 12.0 Å². The molecule has 106 valence electrons. The monoisotopic (exact) mass is 280 g/mol. The molecule has 0 fully saturated rings. The number of carbonyl (C=O) groups excluding carboxylic acids is 1. The number of hydrogen-bond acceptors (Lipinski definition) is 3. The van der Waals surface area contributed by atoms with Gasteiger partial charge in [-0.3, -0.25) is 14.5 Å². The summed E-state index contributed by atoms with van der Waals surface area (Å²) in [5.74, 6) is -0.0388. The van der Waals surface area contributed by atoms with E-state index in [1.165, 1.54) is 0 Å². The molecular weight excluding hydrogens is 264 g/mol. The lowest BCUT2D eigenvalue weighted by atomic mass is 10.1. The van der Waals surface area contributed by atoms with Crippen molar-refractivity contribution in [2.45, 2.75) is 19.9 Å². The molecule has 0 atom stereocenters. The number of aryl methyl sites for hydroxylation is 2. The summed E-state index contributed by atoms with van der Waals surface area (Å²) in [6.45, 7) is 2.57. The molecule has 5 heteroatoms. The van der Waals surface area contributed by atoms with Crippen LogP contribution in [0.2, 0.25) is 0 Å². The molecule has 1 aromatic carbocycles. The van der Waals surface area contributed by atoms with Crippen LogP contribution >= 0.6 is 0 Å². The van der Waals surface area contributed by atoms with Gasteiger partial charge in [0, 0.05) is 36.9 Å². The maximum absolute atomic E-state index is 12.1. The van der Waals surface area contributed by atoms with Crippen molar-refractivity contribution < 1.29 is 4.79 Å². The Morgan fingerprint density at radius 1 is 1.29 bits per heavy atom. The zero-order valence-corrected chi connectivity index (χ0v) is 11.8. The number of aromatic nitrogens is 3. The highest BCUT2D eigenvalue weighted by atomic mass is 16.1. The number of fused-ring (bicyclic) bond motifs is 1. The lowest BCUT2D eigenvalue weighted by molar-refractivity contribution is -0.116. The van der Waals surface area contributed by atoms with Crippen molar-refractivity contribution in [2.75, 3.05) is 5.32 Å². The molecule has 2 heterocycles. The van der Waals surface area contributed by atoms with Crippen molar-refractivity contribution in [3.63, 3.8) is 0 Å². The fraction of sp³-hybridized carbons (Fsp3) is 0.188. The SMILES string of the molecule is Cc1cc(NC(=O)CCn2cccn2)c2ncccc2c1. The summed E-state index contributed by atoms with van der Waals surface area (Å²) in [4.78, 5) is 16.4. The fourth-order valence-corrected chi connectivity index (χ4v) is 2.30. The molecule has 5 nitrogen and oxygen atoms in total. The van der Waals surface area contributed by atoms with E-state index in [1.54, 1.807) is 17.1 Å². The van der Waals surface area contributed by atoms with E-state index in [2.05, 4.69) is 21.5 Å². The molecule has 21 heavy (non-hydrogen) atoms. The molecule has 0 aliphatic rings. The van der Waals surface area contributed by atoms with Gasteiger partial charge in [-0.25, -0.2) is 0 Å². The average molecular weight is 280 g/mol. The van der Waals surface area contributed by atoms with Crippen molar-refractivity contribution >= 4 is 22.5 Å². The third kappa shape index (κ3) is 3.08. The first-order chi connectivity index (χ1) is 10.2. The Kier molecular flexibility index (Phi) is 3.64. The summed E-state index contributed by atoms with van der Waals surface area (Å²) in [7, 11) is 0. The van der Waals surface area contributed by atoms with Crippen molar-refractivity contribution in [1.82, 2.24) is 14.8 Å². The fourth-order valence-electron chi connectivity index (χ4n) is 2.30. The number of amides is 1. The van der Waals surface area contributed by atoms with Crippen LogP contribution in [0.25, 0.3) is 10.9 Å². The predicted octanol–water partition coefficient (Wildman–Crippen LogP) is 2.77. The van der Waals surface area contributed by atoms with Crippen molar-refractivity contribution in [3.8, 4) is 0 Å². The van der Waals surface area contributed by atoms with Crippen LogP contribution in [0.4, 0.5) is 5.69 Å². The highest BCUT2D eigenvalue weighted by molar-refractivity contribution is 6.00. The van der Waals surface area contributed by atoms with Crippen molar-refractivity contribution in [2.24, 2.45) is 0 Å². The highest BCUT2D eigenvalue weighted by Crippen LogP contribution is 2.23. The zero-order valence-electron chi connectivity index (χ0n) is 11.8. The zero-order chi connectivity index (χ0) is 14.7. The molecule has 0 aliphatic heterocycles. The maximum Gasteiger partial charge on any atom is 0.226 e. The number of nitrogens with zero attached hydrogens (tertiary/aromatic N) is 3. The first kappa shape index (κ1) is 13.3. The second-order valence-corrected chi connectivity index (χ2v) is 4.95. The van der Waals surface area contributed by atoms with Crippen LogP contribution in [0, 0.1) is 6.92 Å². The van der Waals surface area contributed by atoms with E-state index in [0.29, 0.717) is 13.0 Å². The number of rotatable bonds is 4. The summed E-state index contributed by atoms with van der Waals surface area (Å²) in [5.41, 5.74) is 2.67. The molecule has 0 aliphatic carbocycles. The third-order valence-corrected chi connectivity index (χ3v) is 3.25. The standard InChI is InChI=1S/C16H16N4O/c1-12-10-13-4-2-6-17-16(13)14(11-12)19-15(21)5-9-20-8-3-7-18-20/h2-4,6-8,10-11H,5,9H2,1H3,(H,19,21). The molecule has 0 unspecified atom stereocenters. The molecule has 0 radical (unpaired) electrons. The van der Waals surface area contributed by atoms with Gasteiger partial charge in [0.25, 0.3) is 0 Å². The van der Waals surface area contributed by atoms with E-state index in [-0.39, 0.29) is 5.91 Å². The normalized spacial score (nSPS) is 10.7. The Bertz CT molecular complexity index is 765. The van der Waals surface area contributed by atoms with Gasteiger partial charge in [0.2, 0.25) is 5.91 Å². The first-order valence-corrected chi connectivity index (χ1v) is 6.85. The Hall–Kier alpha value is -2.69. The second-order valence-electron chi connectivity index (χ2n) is 4.95. The molecule has 0 saturated heterocycles. The highest BCUT2D eigenvalue weighted by Gasteiger charge is 2.08. The van der Waals surface area contributed by atoms with Crippen LogP contribution in [0.15, 0.2) is 48.9 Å². The Morgan fingerprint density at radius 2 is 2.19 bits per heavy atom. The van der Waals surface area contributed by atoms with Crippen LogP contribution in [-0.4, -0.2) is 20.7 Å². The number of benzene rings is 1.